The number of hydrogen-bond donors (Lipinski definition) is 2. The maximum Gasteiger partial charge on any atom is 0.249 e. The summed E-state index contributed by atoms with van der Waals surface area (Å²) in [7, 11) is 0. The molecule has 0 unspecified atom stereocenters. The largest absolute Gasteiger partial charge is 0.550 e. The SMILES string of the molecule is CC(C)(CC(=O)[O-])NC(=O)C(C)(C)N=NC(C)(C)C(=O)NC(C)(C)CC(=O)[O-]. The van der Waals surface area contributed by atoms with E-state index in [-0.39, 0.29) is 12.8 Å². The molecule has 28 heavy (non-hydrogen) atoms. The lowest BCUT2D eigenvalue weighted by Crippen LogP contribution is -2.54. The molecule has 0 aliphatic carbocycles. The van der Waals surface area contributed by atoms with Gasteiger partial charge in [-0.25, -0.2) is 0 Å². The van der Waals surface area contributed by atoms with Gasteiger partial charge in [-0.05, 0) is 55.4 Å². The van der Waals surface area contributed by atoms with Crippen molar-refractivity contribution in [3.05, 3.63) is 0 Å². The lowest BCUT2D eigenvalue weighted by molar-refractivity contribution is -0.308. The zero-order valence-corrected chi connectivity index (χ0v) is 17.8. The maximum absolute atomic E-state index is 12.4. The number of amides is 2. The van der Waals surface area contributed by atoms with E-state index in [1.165, 1.54) is 55.4 Å². The van der Waals surface area contributed by atoms with Crippen LogP contribution in [0.5, 0.6) is 0 Å². The van der Waals surface area contributed by atoms with Crippen molar-refractivity contribution in [2.24, 2.45) is 10.2 Å². The molecule has 0 bridgehead atoms. The molecular weight excluding hydrogens is 368 g/mol. The Hall–Kier alpha value is -2.52. The Balaban J connectivity index is 5.23. The van der Waals surface area contributed by atoms with Crippen molar-refractivity contribution in [2.75, 3.05) is 0 Å². The van der Waals surface area contributed by atoms with E-state index in [9.17, 15) is 29.4 Å². The normalized spacial score (nSPS) is 13.3. The second-order valence-electron chi connectivity index (χ2n) is 9.09. The highest BCUT2D eigenvalue weighted by molar-refractivity contribution is 5.88. The Morgan fingerprint density at radius 1 is 0.643 bits per heavy atom. The minimum atomic E-state index is -1.37. The summed E-state index contributed by atoms with van der Waals surface area (Å²) >= 11 is 0. The molecule has 0 atom stereocenters. The van der Waals surface area contributed by atoms with Gasteiger partial charge in [-0.15, -0.1) is 0 Å². The Morgan fingerprint density at radius 2 is 0.893 bits per heavy atom. The topological polar surface area (TPSA) is 163 Å². The highest BCUT2D eigenvalue weighted by Crippen LogP contribution is 2.20. The van der Waals surface area contributed by atoms with Gasteiger partial charge in [0.2, 0.25) is 11.8 Å². The molecule has 0 aromatic heterocycles. The molecule has 2 amide bonds. The molecule has 0 aliphatic heterocycles. The number of nitrogens with one attached hydrogen (secondary N) is 2. The Labute approximate surface area is 165 Å². The molecule has 0 aromatic rings. The van der Waals surface area contributed by atoms with E-state index >= 15 is 0 Å². The summed E-state index contributed by atoms with van der Waals surface area (Å²) < 4.78 is 0. The molecule has 0 spiro atoms. The van der Waals surface area contributed by atoms with Gasteiger partial charge in [-0.2, -0.15) is 10.2 Å². The molecule has 10 heteroatoms. The van der Waals surface area contributed by atoms with Crippen molar-refractivity contribution in [1.82, 2.24) is 10.6 Å². The zero-order chi connectivity index (χ0) is 22.6. The fraction of sp³-hybridized carbons (Fsp3) is 0.778. The molecule has 0 heterocycles. The van der Waals surface area contributed by atoms with Gasteiger partial charge in [0.1, 0.15) is 0 Å². The summed E-state index contributed by atoms with van der Waals surface area (Å²) in [4.78, 5) is 46.4. The van der Waals surface area contributed by atoms with E-state index in [2.05, 4.69) is 20.9 Å². The van der Waals surface area contributed by atoms with Gasteiger partial charge in [0.25, 0.3) is 0 Å². The predicted molar refractivity (Wildman–Crippen MR) is 96.7 cm³/mol. The van der Waals surface area contributed by atoms with Gasteiger partial charge < -0.3 is 30.4 Å². The molecular formula is C18H30N4O6-2. The van der Waals surface area contributed by atoms with Crippen molar-refractivity contribution >= 4 is 23.8 Å². The zero-order valence-electron chi connectivity index (χ0n) is 17.8. The average molecular weight is 398 g/mol. The second-order valence-corrected chi connectivity index (χ2v) is 9.09. The fourth-order valence-corrected chi connectivity index (χ4v) is 2.07. The number of azo groups is 1. The van der Waals surface area contributed by atoms with E-state index in [0.717, 1.165) is 0 Å². The summed E-state index contributed by atoms with van der Waals surface area (Å²) in [6.45, 7) is 12.0. The van der Waals surface area contributed by atoms with Crippen molar-refractivity contribution < 1.29 is 29.4 Å². The lowest BCUT2D eigenvalue weighted by Gasteiger charge is -2.32. The van der Waals surface area contributed by atoms with Crippen LogP contribution in [0.1, 0.15) is 68.2 Å². The molecule has 2 N–H and O–H groups in total. The first kappa shape index (κ1) is 25.5. The summed E-state index contributed by atoms with van der Waals surface area (Å²) in [5.41, 5.74) is -4.85. The molecule has 0 aromatic carbocycles. The van der Waals surface area contributed by atoms with Crippen LogP contribution in [-0.2, 0) is 19.2 Å². The number of carboxylic acids is 2. The van der Waals surface area contributed by atoms with Crippen molar-refractivity contribution in [3.63, 3.8) is 0 Å². The number of carbonyl (C=O) groups is 4. The van der Waals surface area contributed by atoms with Crippen LogP contribution in [0.15, 0.2) is 10.2 Å². The number of carboxylic acid groups (broad SMARTS) is 2. The molecule has 0 saturated heterocycles. The maximum atomic E-state index is 12.4. The van der Waals surface area contributed by atoms with Crippen molar-refractivity contribution in [2.45, 2.75) is 90.4 Å². The standard InChI is InChI=1S/C18H32N4O6/c1-15(2,9-11(23)24)19-13(27)17(5,6)21-22-18(7,8)14(28)20-16(3,4)10-12(25)26/h9-10H2,1-8H3,(H,19,27)(H,20,28)(H,23,24)(H,25,26)/p-2. The van der Waals surface area contributed by atoms with Gasteiger partial charge in [0.15, 0.2) is 11.1 Å². The quantitative estimate of drug-likeness (QED) is 0.451. The van der Waals surface area contributed by atoms with Gasteiger partial charge in [0, 0.05) is 35.9 Å². The third-order valence-corrected chi connectivity index (χ3v) is 3.74. The Kier molecular flexibility index (Phi) is 7.88. The van der Waals surface area contributed by atoms with Crippen LogP contribution < -0.4 is 20.8 Å². The van der Waals surface area contributed by atoms with Gasteiger partial charge in [-0.1, -0.05) is 0 Å². The van der Waals surface area contributed by atoms with Crippen molar-refractivity contribution in [3.8, 4) is 0 Å². The van der Waals surface area contributed by atoms with E-state index in [1.807, 2.05) is 0 Å². The first-order chi connectivity index (χ1) is 12.3. The van der Waals surface area contributed by atoms with Gasteiger partial charge >= 0.3 is 0 Å². The van der Waals surface area contributed by atoms with Crippen LogP contribution in [0.4, 0.5) is 0 Å². The second kappa shape index (κ2) is 8.66. The number of nitrogens with zero attached hydrogens (tertiary/aromatic N) is 2. The highest BCUT2D eigenvalue weighted by Gasteiger charge is 2.36. The number of rotatable bonds is 10. The van der Waals surface area contributed by atoms with Gasteiger partial charge in [-0.3, -0.25) is 9.59 Å². The minimum absolute atomic E-state index is 0.382. The van der Waals surface area contributed by atoms with Crippen LogP contribution in [0, 0.1) is 0 Å². The fourth-order valence-electron chi connectivity index (χ4n) is 2.07. The van der Waals surface area contributed by atoms with Crippen LogP contribution in [0.2, 0.25) is 0 Å². The van der Waals surface area contributed by atoms with E-state index in [4.69, 9.17) is 0 Å². The molecule has 0 rings (SSSR count). The Morgan fingerprint density at radius 3 is 1.11 bits per heavy atom. The molecule has 0 fully saturated rings. The molecule has 160 valence electrons. The Bertz CT molecular complexity index is 609. The predicted octanol–water partition coefficient (Wildman–Crippen LogP) is -0.935. The first-order valence-electron chi connectivity index (χ1n) is 8.79. The van der Waals surface area contributed by atoms with Crippen LogP contribution in [0.3, 0.4) is 0 Å². The molecule has 0 radical (unpaired) electrons. The molecule has 0 aliphatic rings. The monoisotopic (exact) mass is 398 g/mol. The van der Waals surface area contributed by atoms with E-state index in [0.29, 0.717) is 0 Å². The molecule has 0 saturated carbocycles. The number of carbonyl (C=O) groups excluding carboxylic acids is 4. The number of aliphatic carboxylic acids is 2. The third kappa shape index (κ3) is 8.92. The third-order valence-electron chi connectivity index (χ3n) is 3.74. The highest BCUT2D eigenvalue weighted by atomic mass is 16.4. The van der Waals surface area contributed by atoms with Crippen LogP contribution in [-0.4, -0.2) is 45.9 Å². The van der Waals surface area contributed by atoms with Crippen LogP contribution in [0.25, 0.3) is 0 Å². The summed E-state index contributed by atoms with van der Waals surface area (Å²) in [5.74, 6) is -3.75. The minimum Gasteiger partial charge on any atom is -0.550 e. The lowest BCUT2D eigenvalue weighted by atomic mass is 9.97. The molecule has 10 nitrogen and oxygen atoms in total. The van der Waals surface area contributed by atoms with Gasteiger partial charge in [0.05, 0.1) is 0 Å². The first-order valence-corrected chi connectivity index (χ1v) is 8.79. The van der Waals surface area contributed by atoms with Crippen LogP contribution >= 0.6 is 0 Å². The smallest absolute Gasteiger partial charge is 0.249 e. The summed E-state index contributed by atoms with van der Waals surface area (Å²) in [5, 5.41) is 34.6. The van der Waals surface area contributed by atoms with E-state index < -0.39 is 45.9 Å². The average Bonchev–Trinajstić information content (AvgIpc) is 2.41. The number of hydrogen-bond acceptors (Lipinski definition) is 8. The van der Waals surface area contributed by atoms with Crippen molar-refractivity contribution in [1.29, 1.82) is 0 Å². The van der Waals surface area contributed by atoms with E-state index in [1.54, 1.807) is 0 Å². The summed E-state index contributed by atoms with van der Waals surface area (Å²) in [6.07, 6.45) is -0.763. The summed E-state index contributed by atoms with van der Waals surface area (Å²) in [6, 6.07) is 0.